The number of quaternary nitrogens is 1. The molecule has 7 heteroatoms. The van der Waals surface area contributed by atoms with E-state index in [1.54, 1.807) is 6.07 Å². The molecule has 4 rings (SSSR count). The molecule has 0 aliphatic carbocycles. The first-order valence-corrected chi connectivity index (χ1v) is 8.57. The van der Waals surface area contributed by atoms with Gasteiger partial charge in [0, 0.05) is 24.1 Å². The van der Waals surface area contributed by atoms with Crippen LogP contribution in [0, 0.1) is 10.1 Å². The van der Waals surface area contributed by atoms with E-state index in [2.05, 4.69) is 12.1 Å². The number of non-ortho nitro benzene ring substituents is 1. The van der Waals surface area contributed by atoms with Gasteiger partial charge in [-0.2, -0.15) is 0 Å². The van der Waals surface area contributed by atoms with Crippen LogP contribution in [0.3, 0.4) is 0 Å². The number of nitro benzene ring substituents is 1. The second-order valence-electron chi connectivity index (χ2n) is 6.70. The van der Waals surface area contributed by atoms with Crippen LogP contribution in [0.25, 0.3) is 0 Å². The topological polar surface area (TPSA) is 85.0 Å². The number of hydrogen-bond donors (Lipinski definition) is 1. The molecular weight excluding hydrogens is 334 g/mol. The third kappa shape index (κ3) is 2.76. The molecule has 2 aliphatic rings. The average Bonchev–Trinajstić information content (AvgIpc) is 2.95. The van der Waals surface area contributed by atoms with Gasteiger partial charge in [0.25, 0.3) is 11.6 Å². The van der Waals surface area contributed by atoms with Gasteiger partial charge in [-0.1, -0.05) is 30.3 Å². The van der Waals surface area contributed by atoms with Crippen LogP contribution >= 0.6 is 0 Å². The first kappa shape index (κ1) is 16.4. The maximum atomic E-state index is 12.9. The number of benzene rings is 2. The predicted octanol–water partition coefficient (Wildman–Crippen LogP) is 0.868. The largest absolute Gasteiger partial charge is 0.320 e. The Balaban J connectivity index is 1.58. The molecule has 0 radical (unpaired) electrons. The summed E-state index contributed by atoms with van der Waals surface area (Å²) in [7, 11) is 0. The molecule has 2 aromatic carbocycles. The highest BCUT2D eigenvalue weighted by molar-refractivity contribution is 6.22. The van der Waals surface area contributed by atoms with Crippen LogP contribution < -0.4 is 9.80 Å². The number of anilines is 1. The summed E-state index contributed by atoms with van der Waals surface area (Å²) in [5.41, 5.74) is 2.64. The summed E-state index contributed by atoms with van der Waals surface area (Å²) < 4.78 is 0. The molecule has 1 N–H and O–H groups in total. The van der Waals surface area contributed by atoms with Crippen LogP contribution in [-0.2, 0) is 22.6 Å². The Kier molecular flexibility index (Phi) is 4.00. The zero-order valence-corrected chi connectivity index (χ0v) is 14.1. The normalized spacial score (nSPS) is 22.4. The lowest BCUT2D eigenvalue weighted by Crippen LogP contribution is -3.16. The van der Waals surface area contributed by atoms with Crippen LogP contribution in [0.5, 0.6) is 0 Å². The number of carbonyl (C=O) groups excluding carboxylic acids is 2. The number of imide groups is 1. The third-order valence-electron chi connectivity index (χ3n) is 5.19. The number of nitro groups is 1. The van der Waals surface area contributed by atoms with E-state index in [9.17, 15) is 19.7 Å². The second kappa shape index (κ2) is 6.34. The Hall–Kier alpha value is -3.06. The third-order valence-corrected chi connectivity index (χ3v) is 5.19. The molecule has 132 valence electrons. The molecule has 2 amide bonds. The summed E-state index contributed by atoms with van der Waals surface area (Å²) in [5.74, 6) is -0.572. The van der Waals surface area contributed by atoms with E-state index >= 15 is 0 Å². The van der Waals surface area contributed by atoms with Crippen LogP contribution in [0.15, 0.2) is 48.5 Å². The number of nitrogens with zero attached hydrogens (tertiary/aromatic N) is 2. The number of amides is 2. The van der Waals surface area contributed by atoms with Gasteiger partial charge in [0.05, 0.1) is 23.6 Å². The van der Waals surface area contributed by atoms with Crippen molar-refractivity contribution in [3.63, 3.8) is 0 Å². The summed E-state index contributed by atoms with van der Waals surface area (Å²) in [5, 5.41) is 11.0. The summed E-state index contributed by atoms with van der Waals surface area (Å²) in [4.78, 5) is 38.0. The van der Waals surface area contributed by atoms with Crippen molar-refractivity contribution < 1.29 is 19.4 Å². The molecule has 2 aromatic rings. The molecule has 1 saturated heterocycles. The standard InChI is InChI=1S/C19H17N3O4/c23-18-11-17(20-9-8-13-4-1-2-5-14(13)12-20)19(24)21(18)15-6-3-7-16(10-15)22(25)26/h1-7,10,17H,8-9,11-12H2/p+1/t17-/m1/s1. The fraction of sp³-hybridized carbons (Fsp3) is 0.263. The minimum atomic E-state index is -0.529. The second-order valence-corrected chi connectivity index (χ2v) is 6.70. The molecule has 2 aliphatic heterocycles. The molecule has 0 aromatic heterocycles. The lowest BCUT2D eigenvalue weighted by Gasteiger charge is -2.29. The van der Waals surface area contributed by atoms with E-state index in [1.807, 2.05) is 12.1 Å². The van der Waals surface area contributed by atoms with E-state index in [4.69, 9.17) is 0 Å². The number of nitrogens with one attached hydrogen (secondary N) is 1. The first-order chi connectivity index (χ1) is 12.5. The van der Waals surface area contributed by atoms with Gasteiger partial charge in [-0.05, 0) is 11.6 Å². The minimum absolute atomic E-state index is 0.134. The van der Waals surface area contributed by atoms with Crippen molar-refractivity contribution in [2.75, 3.05) is 11.4 Å². The van der Waals surface area contributed by atoms with Gasteiger partial charge in [-0.3, -0.25) is 19.7 Å². The molecule has 0 saturated carbocycles. The number of hydrogen-bond acceptors (Lipinski definition) is 4. The molecule has 2 atom stereocenters. The van der Waals surface area contributed by atoms with Gasteiger partial charge in [0.2, 0.25) is 5.91 Å². The van der Waals surface area contributed by atoms with Crippen LogP contribution in [0.2, 0.25) is 0 Å². The fourth-order valence-electron chi connectivity index (χ4n) is 3.87. The molecule has 1 unspecified atom stereocenters. The lowest BCUT2D eigenvalue weighted by molar-refractivity contribution is -0.930. The van der Waals surface area contributed by atoms with Crippen molar-refractivity contribution in [1.29, 1.82) is 0 Å². The Morgan fingerprint density at radius 3 is 2.62 bits per heavy atom. The quantitative estimate of drug-likeness (QED) is 0.505. The van der Waals surface area contributed by atoms with Crippen LogP contribution in [0.1, 0.15) is 17.5 Å². The Labute approximate surface area is 150 Å². The molecule has 1 fully saturated rings. The highest BCUT2D eigenvalue weighted by atomic mass is 16.6. The molecule has 2 heterocycles. The van der Waals surface area contributed by atoms with Crippen LogP contribution in [0.4, 0.5) is 11.4 Å². The minimum Gasteiger partial charge on any atom is -0.320 e. The SMILES string of the molecule is O=C1C[C@@H]([NH+]2CCc3ccccc3C2)C(=O)N1c1cccc([N+](=O)[O-])c1. The van der Waals surface area contributed by atoms with E-state index in [0.29, 0.717) is 6.54 Å². The fourth-order valence-corrected chi connectivity index (χ4v) is 3.87. The summed E-state index contributed by atoms with van der Waals surface area (Å²) in [6.45, 7) is 1.51. The Morgan fingerprint density at radius 2 is 1.85 bits per heavy atom. The highest BCUT2D eigenvalue weighted by Gasteiger charge is 2.46. The zero-order chi connectivity index (χ0) is 18.3. The average molecular weight is 352 g/mol. The summed E-state index contributed by atoms with van der Waals surface area (Å²) in [6, 6.07) is 13.4. The van der Waals surface area contributed by atoms with Crippen LogP contribution in [-0.4, -0.2) is 29.3 Å². The van der Waals surface area contributed by atoms with Gasteiger partial charge in [0.15, 0.2) is 6.04 Å². The van der Waals surface area contributed by atoms with Crippen molar-refractivity contribution in [1.82, 2.24) is 0 Å². The van der Waals surface area contributed by atoms with Crippen molar-refractivity contribution in [2.45, 2.75) is 25.4 Å². The van der Waals surface area contributed by atoms with Gasteiger partial charge in [-0.15, -0.1) is 0 Å². The van der Waals surface area contributed by atoms with Gasteiger partial charge in [-0.25, -0.2) is 4.90 Å². The molecule has 26 heavy (non-hydrogen) atoms. The molecule has 7 nitrogen and oxygen atoms in total. The van der Waals surface area contributed by atoms with Crippen molar-refractivity contribution in [3.05, 3.63) is 69.8 Å². The number of fused-ring (bicyclic) bond motifs is 1. The molecular formula is C19H18N3O4+. The van der Waals surface area contributed by atoms with Crippen molar-refractivity contribution >= 4 is 23.2 Å². The van der Waals surface area contributed by atoms with Crippen molar-refractivity contribution in [2.24, 2.45) is 0 Å². The monoisotopic (exact) mass is 352 g/mol. The zero-order valence-electron chi connectivity index (χ0n) is 14.1. The van der Waals surface area contributed by atoms with E-state index < -0.39 is 11.0 Å². The van der Waals surface area contributed by atoms with Crippen molar-refractivity contribution in [3.8, 4) is 0 Å². The predicted molar refractivity (Wildman–Crippen MR) is 93.7 cm³/mol. The van der Waals surface area contributed by atoms with E-state index in [1.165, 1.54) is 29.3 Å². The molecule has 0 spiro atoms. The van der Waals surface area contributed by atoms with E-state index in [-0.39, 0.29) is 29.6 Å². The van der Waals surface area contributed by atoms with E-state index in [0.717, 1.165) is 22.8 Å². The Morgan fingerprint density at radius 1 is 1.08 bits per heavy atom. The molecule has 0 bridgehead atoms. The number of carbonyl (C=O) groups is 2. The maximum Gasteiger partial charge on any atom is 0.292 e. The highest BCUT2D eigenvalue weighted by Crippen LogP contribution is 2.26. The summed E-state index contributed by atoms with van der Waals surface area (Å²) >= 11 is 0. The lowest BCUT2D eigenvalue weighted by atomic mass is 9.98. The smallest absolute Gasteiger partial charge is 0.292 e. The Bertz CT molecular complexity index is 911. The van der Waals surface area contributed by atoms with Gasteiger partial charge < -0.3 is 4.90 Å². The maximum absolute atomic E-state index is 12.9. The summed E-state index contributed by atoms with van der Waals surface area (Å²) in [6.07, 6.45) is 1.01. The first-order valence-electron chi connectivity index (χ1n) is 8.57. The van der Waals surface area contributed by atoms with Gasteiger partial charge in [0.1, 0.15) is 6.54 Å². The van der Waals surface area contributed by atoms with Gasteiger partial charge >= 0.3 is 0 Å². The number of rotatable bonds is 3.